The normalized spacial score (nSPS) is 12.0. The molecule has 23 heavy (non-hydrogen) atoms. The molecule has 3 N–H and O–H groups in total. The first-order valence-electron chi connectivity index (χ1n) is 7.38. The minimum atomic E-state index is -0.513. The van der Waals surface area contributed by atoms with Crippen LogP contribution >= 0.6 is 0 Å². The molecule has 0 fully saturated rings. The van der Waals surface area contributed by atoms with Gasteiger partial charge in [0.2, 0.25) is 0 Å². The summed E-state index contributed by atoms with van der Waals surface area (Å²) in [5, 5.41) is 8.52. The number of hydrogen-bond acceptors (Lipinski definition) is 5. The highest BCUT2D eigenvalue weighted by Gasteiger charge is 2.16. The van der Waals surface area contributed by atoms with E-state index in [1.54, 1.807) is 12.1 Å². The number of carbonyl (C=O) groups excluding carboxylic acids is 2. The van der Waals surface area contributed by atoms with Crippen LogP contribution in [0.4, 0.5) is 21.0 Å². The summed E-state index contributed by atoms with van der Waals surface area (Å²) in [5.74, 6) is 0. The van der Waals surface area contributed by atoms with Crippen molar-refractivity contribution >= 4 is 23.6 Å². The molecule has 0 radical (unpaired) electrons. The standard InChI is InChI=1S/C16H25N3O4/c1-11(10-17-14(20)23-16(2,3)4)18-12-6-8-13(9-7-12)19-15(21)22-5/h6-9,11,18H,10H2,1-5H3,(H,17,20)(H,19,21). The summed E-state index contributed by atoms with van der Waals surface area (Å²) in [7, 11) is 1.31. The Morgan fingerprint density at radius 2 is 1.65 bits per heavy atom. The van der Waals surface area contributed by atoms with Gasteiger partial charge in [0.1, 0.15) is 5.60 Å². The van der Waals surface area contributed by atoms with Crippen LogP contribution in [0.2, 0.25) is 0 Å². The molecule has 2 amide bonds. The number of hydrogen-bond donors (Lipinski definition) is 3. The van der Waals surface area contributed by atoms with E-state index in [2.05, 4.69) is 20.7 Å². The lowest BCUT2D eigenvalue weighted by Gasteiger charge is -2.21. The number of benzene rings is 1. The molecule has 0 saturated carbocycles. The Bertz CT molecular complexity index is 523. The third-order valence-corrected chi connectivity index (χ3v) is 2.68. The molecule has 0 heterocycles. The van der Waals surface area contributed by atoms with Crippen LogP contribution in [-0.2, 0) is 9.47 Å². The molecule has 128 valence electrons. The van der Waals surface area contributed by atoms with Gasteiger partial charge in [0.15, 0.2) is 0 Å². The van der Waals surface area contributed by atoms with Crippen molar-refractivity contribution in [1.82, 2.24) is 5.32 Å². The van der Waals surface area contributed by atoms with Gasteiger partial charge in [-0.2, -0.15) is 0 Å². The van der Waals surface area contributed by atoms with Gasteiger partial charge in [-0.1, -0.05) is 0 Å². The maximum Gasteiger partial charge on any atom is 0.411 e. The Labute approximate surface area is 136 Å². The number of alkyl carbamates (subject to hydrolysis) is 1. The van der Waals surface area contributed by atoms with Gasteiger partial charge in [-0.05, 0) is 52.0 Å². The molecule has 0 spiro atoms. The largest absolute Gasteiger partial charge is 0.453 e. The second kappa shape index (κ2) is 8.26. The number of anilines is 2. The van der Waals surface area contributed by atoms with E-state index in [1.165, 1.54) is 7.11 Å². The molecule has 0 aliphatic heterocycles. The summed E-state index contributed by atoms with van der Waals surface area (Å²) in [6.07, 6.45) is -0.954. The minimum Gasteiger partial charge on any atom is -0.453 e. The number of methoxy groups -OCH3 is 1. The zero-order chi connectivity index (χ0) is 17.5. The molecule has 0 aliphatic carbocycles. The first kappa shape index (κ1) is 18.6. The fourth-order valence-corrected chi connectivity index (χ4v) is 1.70. The summed E-state index contributed by atoms with van der Waals surface area (Å²) >= 11 is 0. The number of ether oxygens (including phenoxy) is 2. The molecule has 0 aromatic heterocycles. The van der Waals surface area contributed by atoms with Crippen LogP contribution in [0.25, 0.3) is 0 Å². The predicted octanol–water partition coefficient (Wildman–Crippen LogP) is 3.19. The highest BCUT2D eigenvalue weighted by molar-refractivity contribution is 5.84. The number of nitrogens with one attached hydrogen (secondary N) is 3. The number of carbonyl (C=O) groups is 2. The van der Waals surface area contributed by atoms with Crippen LogP contribution in [0, 0.1) is 0 Å². The number of rotatable bonds is 5. The van der Waals surface area contributed by atoms with Gasteiger partial charge in [0.25, 0.3) is 0 Å². The molecule has 1 aromatic rings. The van der Waals surface area contributed by atoms with Crippen LogP contribution in [-0.4, -0.2) is 37.5 Å². The molecule has 0 saturated heterocycles. The van der Waals surface area contributed by atoms with Gasteiger partial charge in [0.05, 0.1) is 7.11 Å². The van der Waals surface area contributed by atoms with E-state index in [9.17, 15) is 9.59 Å². The fraction of sp³-hybridized carbons (Fsp3) is 0.500. The third-order valence-electron chi connectivity index (χ3n) is 2.68. The highest BCUT2D eigenvalue weighted by atomic mass is 16.6. The monoisotopic (exact) mass is 323 g/mol. The summed E-state index contributed by atoms with van der Waals surface area (Å²) < 4.78 is 9.69. The zero-order valence-corrected chi connectivity index (χ0v) is 14.2. The molecular formula is C16H25N3O4. The Kier molecular flexibility index (Phi) is 6.68. The Morgan fingerprint density at radius 1 is 1.09 bits per heavy atom. The van der Waals surface area contributed by atoms with Crippen molar-refractivity contribution in [2.75, 3.05) is 24.3 Å². The smallest absolute Gasteiger partial charge is 0.411 e. The fourth-order valence-electron chi connectivity index (χ4n) is 1.70. The van der Waals surface area contributed by atoms with Gasteiger partial charge in [-0.15, -0.1) is 0 Å². The van der Waals surface area contributed by atoms with E-state index >= 15 is 0 Å². The topological polar surface area (TPSA) is 88.7 Å². The maximum absolute atomic E-state index is 11.6. The van der Waals surface area contributed by atoms with Crippen molar-refractivity contribution in [2.24, 2.45) is 0 Å². The maximum atomic E-state index is 11.6. The molecule has 1 aromatic carbocycles. The van der Waals surface area contributed by atoms with E-state index in [0.29, 0.717) is 12.2 Å². The lowest BCUT2D eigenvalue weighted by atomic mass is 10.2. The molecule has 7 heteroatoms. The van der Waals surface area contributed by atoms with Crippen molar-refractivity contribution in [3.8, 4) is 0 Å². The summed E-state index contributed by atoms with van der Waals surface area (Å²) in [5.41, 5.74) is 1.00. The summed E-state index contributed by atoms with van der Waals surface area (Å²) in [6, 6.07) is 7.19. The SMILES string of the molecule is COC(=O)Nc1ccc(NC(C)CNC(=O)OC(C)(C)C)cc1. The Morgan fingerprint density at radius 3 is 2.17 bits per heavy atom. The van der Waals surface area contributed by atoms with Crippen LogP contribution < -0.4 is 16.0 Å². The quantitative estimate of drug-likeness (QED) is 0.774. The van der Waals surface area contributed by atoms with Crippen LogP contribution in [0.5, 0.6) is 0 Å². The van der Waals surface area contributed by atoms with E-state index in [0.717, 1.165) is 5.69 Å². The first-order chi connectivity index (χ1) is 10.7. The van der Waals surface area contributed by atoms with E-state index in [4.69, 9.17) is 4.74 Å². The zero-order valence-electron chi connectivity index (χ0n) is 14.2. The summed E-state index contributed by atoms with van der Waals surface area (Å²) in [6.45, 7) is 7.82. The Hall–Kier alpha value is -2.44. The van der Waals surface area contributed by atoms with Gasteiger partial charge in [-0.3, -0.25) is 5.32 Å². The average molecular weight is 323 g/mol. The molecule has 1 atom stereocenters. The second-order valence-corrected chi connectivity index (χ2v) is 6.12. The average Bonchev–Trinajstić information content (AvgIpc) is 2.45. The Balaban J connectivity index is 2.41. The molecular weight excluding hydrogens is 298 g/mol. The van der Waals surface area contributed by atoms with Crippen LogP contribution in [0.3, 0.4) is 0 Å². The molecule has 0 bridgehead atoms. The van der Waals surface area contributed by atoms with Crippen molar-refractivity contribution < 1.29 is 19.1 Å². The predicted molar refractivity (Wildman–Crippen MR) is 89.8 cm³/mol. The van der Waals surface area contributed by atoms with E-state index < -0.39 is 17.8 Å². The lowest BCUT2D eigenvalue weighted by Crippen LogP contribution is -2.38. The van der Waals surface area contributed by atoms with Crippen molar-refractivity contribution in [1.29, 1.82) is 0 Å². The lowest BCUT2D eigenvalue weighted by molar-refractivity contribution is 0.0526. The minimum absolute atomic E-state index is 0.0157. The van der Waals surface area contributed by atoms with Crippen molar-refractivity contribution in [3.05, 3.63) is 24.3 Å². The van der Waals surface area contributed by atoms with E-state index in [-0.39, 0.29) is 6.04 Å². The molecule has 1 unspecified atom stereocenters. The van der Waals surface area contributed by atoms with Crippen molar-refractivity contribution in [2.45, 2.75) is 39.3 Å². The van der Waals surface area contributed by atoms with Crippen molar-refractivity contribution in [3.63, 3.8) is 0 Å². The molecule has 7 nitrogen and oxygen atoms in total. The van der Waals surface area contributed by atoms with E-state index in [1.807, 2.05) is 39.8 Å². The highest BCUT2D eigenvalue weighted by Crippen LogP contribution is 2.14. The van der Waals surface area contributed by atoms with Gasteiger partial charge < -0.3 is 20.1 Å². The molecule has 1 rings (SSSR count). The van der Waals surface area contributed by atoms with Gasteiger partial charge >= 0.3 is 12.2 Å². The van der Waals surface area contributed by atoms with Gasteiger partial charge in [-0.25, -0.2) is 9.59 Å². The summed E-state index contributed by atoms with van der Waals surface area (Å²) in [4.78, 5) is 22.7. The van der Waals surface area contributed by atoms with Gasteiger partial charge in [0, 0.05) is 24.0 Å². The first-order valence-corrected chi connectivity index (χ1v) is 7.38. The number of amides is 2. The third kappa shape index (κ3) is 7.94. The molecule has 0 aliphatic rings. The van der Waals surface area contributed by atoms with Crippen LogP contribution in [0.1, 0.15) is 27.7 Å². The second-order valence-electron chi connectivity index (χ2n) is 6.12. The van der Waals surface area contributed by atoms with Crippen LogP contribution in [0.15, 0.2) is 24.3 Å².